The molecule has 166 valence electrons. The van der Waals surface area contributed by atoms with E-state index in [4.69, 9.17) is 5.73 Å². The second-order valence-corrected chi connectivity index (χ2v) is 8.25. The summed E-state index contributed by atoms with van der Waals surface area (Å²) in [5.74, 6) is -0.842. The number of nitrogens with zero attached hydrogens (tertiary/aromatic N) is 2. The molecule has 0 aromatic rings. The van der Waals surface area contributed by atoms with Gasteiger partial charge in [-0.25, -0.2) is 8.78 Å². The van der Waals surface area contributed by atoms with Gasteiger partial charge >= 0.3 is 0 Å². The minimum Gasteiger partial charge on any atom is -0.399 e. The molecular formula is C22H39F2N5. The Bertz CT molecular complexity index is 606. The summed E-state index contributed by atoms with van der Waals surface area (Å²) in [5, 5.41) is 6.64. The second-order valence-electron chi connectivity index (χ2n) is 8.25. The van der Waals surface area contributed by atoms with Crippen molar-refractivity contribution in [2.75, 3.05) is 13.1 Å². The summed E-state index contributed by atoms with van der Waals surface area (Å²) in [7, 11) is 0. The van der Waals surface area contributed by atoms with Crippen molar-refractivity contribution in [2.24, 2.45) is 21.6 Å². The average molecular weight is 412 g/mol. The maximum absolute atomic E-state index is 14.5. The van der Waals surface area contributed by atoms with Crippen LogP contribution in [0.25, 0.3) is 0 Å². The summed E-state index contributed by atoms with van der Waals surface area (Å²) < 4.78 is 28.1. The first-order valence-corrected chi connectivity index (χ1v) is 10.7. The van der Waals surface area contributed by atoms with Gasteiger partial charge in [0, 0.05) is 18.6 Å². The van der Waals surface area contributed by atoms with E-state index in [2.05, 4.69) is 41.4 Å². The Morgan fingerprint density at radius 1 is 1.45 bits per heavy atom. The molecule has 1 rings (SSSR count). The molecule has 0 aliphatic carbocycles. The first-order chi connectivity index (χ1) is 13.7. The predicted molar refractivity (Wildman–Crippen MR) is 120 cm³/mol. The van der Waals surface area contributed by atoms with Crippen LogP contribution >= 0.6 is 0 Å². The van der Waals surface area contributed by atoms with Crippen LogP contribution in [0.3, 0.4) is 0 Å². The van der Waals surface area contributed by atoms with Gasteiger partial charge in [-0.2, -0.15) is 0 Å². The lowest BCUT2D eigenvalue weighted by atomic mass is 9.91. The Hall–Kier alpha value is -1.60. The first kappa shape index (κ1) is 25.4. The van der Waals surface area contributed by atoms with Gasteiger partial charge in [0.05, 0.1) is 30.3 Å². The molecule has 0 fully saturated rings. The molecule has 0 aromatic carbocycles. The van der Waals surface area contributed by atoms with Gasteiger partial charge < -0.3 is 11.1 Å². The molecular weight excluding hydrogens is 372 g/mol. The molecule has 1 heterocycles. The lowest BCUT2D eigenvalue weighted by Crippen LogP contribution is -2.44. The Balaban J connectivity index is 2.72. The summed E-state index contributed by atoms with van der Waals surface area (Å²) in [4.78, 5) is 8.41. The standard InChI is InChI=1S/C22H39F2N5/c1-6-10-22(5,11-7-2)29-15-21(25)20(24)14-26-16(3)18-8-9-19(23)13-28-17(4)27-12-18/h9,13-14,16-18,27,29H,6-8,10-12,15,25H2,1-5H3/b19-9+,21-20+,26-14?,28-13?/t16?,17-,18?/m1/s1. The van der Waals surface area contributed by atoms with E-state index < -0.39 is 5.83 Å². The molecule has 2 unspecified atom stereocenters. The SMILES string of the molecule is CCCC(C)(CCC)NC/C(N)=C(\F)C=NC(C)C1C/C=C(/F)C=N[C@H](C)NC1. The molecule has 29 heavy (non-hydrogen) atoms. The van der Waals surface area contributed by atoms with Crippen molar-refractivity contribution in [1.29, 1.82) is 0 Å². The molecule has 0 saturated heterocycles. The third-order valence-electron chi connectivity index (χ3n) is 5.43. The number of hydrogen-bond acceptors (Lipinski definition) is 5. The van der Waals surface area contributed by atoms with E-state index in [1.54, 1.807) is 0 Å². The van der Waals surface area contributed by atoms with Gasteiger partial charge in [0.2, 0.25) is 0 Å². The van der Waals surface area contributed by atoms with E-state index in [1.807, 2.05) is 13.8 Å². The Kier molecular flexibility index (Phi) is 11.3. The van der Waals surface area contributed by atoms with Gasteiger partial charge in [-0.3, -0.25) is 15.3 Å². The van der Waals surface area contributed by atoms with Crippen LogP contribution in [0.1, 0.15) is 66.7 Å². The van der Waals surface area contributed by atoms with Crippen LogP contribution in [-0.2, 0) is 0 Å². The van der Waals surface area contributed by atoms with Gasteiger partial charge in [-0.15, -0.1) is 0 Å². The first-order valence-electron chi connectivity index (χ1n) is 10.7. The van der Waals surface area contributed by atoms with Crippen LogP contribution in [0.5, 0.6) is 0 Å². The van der Waals surface area contributed by atoms with Crippen molar-refractivity contribution < 1.29 is 8.78 Å². The smallest absolute Gasteiger partial charge is 0.160 e. The van der Waals surface area contributed by atoms with Crippen molar-refractivity contribution in [3.05, 3.63) is 23.4 Å². The minimum atomic E-state index is -0.519. The van der Waals surface area contributed by atoms with E-state index in [0.717, 1.165) is 25.7 Å². The number of aliphatic imine (C=N–C) groups is 2. The third-order valence-corrected chi connectivity index (χ3v) is 5.43. The number of hydrogen-bond donors (Lipinski definition) is 3. The Labute approximate surface area is 175 Å². The van der Waals surface area contributed by atoms with Crippen LogP contribution in [0, 0.1) is 5.92 Å². The lowest BCUT2D eigenvalue weighted by Gasteiger charge is -2.30. The average Bonchev–Trinajstić information content (AvgIpc) is 2.76. The molecule has 0 bridgehead atoms. The van der Waals surface area contributed by atoms with Crippen LogP contribution in [0.15, 0.2) is 33.4 Å². The predicted octanol–water partition coefficient (Wildman–Crippen LogP) is 4.41. The number of halogens is 2. The van der Waals surface area contributed by atoms with E-state index >= 15 is 0 Å². The topological polar surface area (TPSA) is 74.8 Å². The van der Waals surface area contributed by atoms with Crippen molar-refractivity contribution in [3.63, 3.8) is 0 Å². The zero-order valence-electron chi connectivity index (χ0n) is 18.6. The zero-order chi connectivity index (χ0) is 21.9. The van der Waals surface area contributed by atoms with Gasteiger partial charge in [0.1, 0.15) is 5.83 Å². The van der Waals surface area contributed by atoms with Gasteiger partial charge in [0.15, 0.2) is 5.83 Å². The highest BCUT2D eigenvalue weighted by atomic mass is 19.1. The molecule has 0 amide bonds. The second kappa shape index (κ2) is 12.9. The van der Waals surface area contributed by atoms with Crippen LogP contribution in [0.4, 0.5) is 8.78 Å². The van der Waals surface area contributed by atoms with Crippen LogP contribution < -0.4 is 16.4 Å². The Morgan fingerprint density at radius 2 is 2.10 bits per heavy atom. The molecule has 1 aliphatic heterocycles. The monoisotopic (exact) mass is 411 g/mol. The van der Waals surface area contributed by atoms with E-state index in [9.17, 15) is 8.78 Å². The summed E-state index contributed by atoms with van der Waals surface area (Å²) in [6, 6.07) is -0.186. The normalized spacial score (nSPS) is 25.0. The molecule has 1 aliphatic rings. The summed E-state index contributed by atoms with van der Waals surface area (Å²) in [6.45, 7) is 11.1. The largest absolute Gasteiger partial charge is 0.399 e. The van der Waals surface area contributed by atoms with Gasteiger partial charge in [-0.1, -0.05) is 26.7 Å². The fourth-order valence-corrected chi connectivity index (χ4v) is 3.51. The highest BCUT2D eigenvalue weighted by molar-refractivity contribution is 5.77. The molecule has 3 atom stereocenters. The van der Waals surface area contributed by atoms with E-state index in [-0.39, 0.29) is 41.7 Å². The zero-order valence-corrected chi connectivity index (χ0v) is 18.6. The third kappa shape index (κ3) is 9.63. The summed E-state index contributed by atoms with van der Waals surface area (Å²) in [5.41, 5.74) is 6.06. The van der Waals surface area contributed by atoms with Crippen LogP contribution in [-0.4, -0.2) is 43.3 Å². The van der Waals surface area contributed by atoms with Crippen molar-refractivity contribution in [3.8, 4) is 0 Å². The lowest BCUT2D eigenvalue weighted by molar-refractivity contribution is 0.311. The Morgan fingerprint density at radius 3 is 2.72 bits per heavy atom. The summed E-state index contributed by atoms with van der Waals surface area (Å²) in [6.07, 6.45) is 8.41. The molecule has 0 spiro atoms. The molecule has 0 aromatic heterocycles. The highest BCUT2D eigenvalue weighted by Gasteiger charge is 2.22. The van der Waals surface area contributed by atoms with E-state index in [1.165, 1.54) is 18.5 Å². The quantitative estimate of drug-likeness (QED) is 0.466. The van der Waals surface area contributed by atoms with Crippen molar-refractivity contribution in [2.45, 2.75) is 84.5 Å². The number of allylic oxidation sites excluding steroid dienone is 3. The van der Waals surface area contributed by atoms with Crippen molar-refractivity contribution >= 4 is 12.4 Å². The molecule has 0 radical (unpaired) electrons. The fraction of sp³-hybridized carbons (Fsp3) is 0.727. The van der Waals surface area contributed by atoms with Gasteiger partial charge in [0.25, 0.3) is 0 Å². The van der Waals surface area contributed by atoms with Crippen LogP contribution in [0.2, 0.25) is 0 Å². The number of rotatable bonds is 10. The minimum absolute atomic E-state index is 0.0331. The number of nitrogens with one attached hydrogen (secondary N) is 2. The fourth-order valence-electron chi connectivity index (χ4n) is 3.51. The molecule has 7 heteroatoms. The molecule has 5 nitrogen and oxygen atoms in total. The molecule has 0 saturated carbocycles. The summed E-state index contributed by atoms with van der Waals surface area (Å²) >= 11 is 0. The van der Waals surface area contributed by atoms with Crippen molar-refractivity contribution in [1.82, 2.24) is 10.6 Å². The van der Waals surface area contributed by atoms with E-state index in [0.29, 0.717) is 13.0 Å². The highest BCUT2D eigenvalue weighted by Crippen LogP contribution is 2.19. The maximum Gasteiger partial charge on any atom is 0.160 e. The number of nitrogens with two attached hydrogens (primary N) is 1. The maximum atomic E-state index is 14.5. The molecule has 4 N–H and O–H groups in total. The van der Waals surface area contributed by atoms with Gasteiger partial charge in [-0.05, 0) is 52.0 Å².